The Bertz CT molecular complexity index is 1240. The van der Waals surface area contributed by atoms with Crippen LogP contribution in [0.1, 0.15) is 5.56 Å². The van der Waals surface area contributed by atoms with Crippen LogP contribution in [-0.2, 0) is 11.3 Å². The second-order valence-corrected chi connectivity index (χ2v) is 7.64. The molecule has 0 aliphatic heterocycles. The van der Waals surface area contributed by atoms with E-state index >= 15 is 0 Å². The molecule has 150 valence electrons. The molecule has 4 aromatic rings. The summed E-state index contributed by atoms with van der Waals surface area (Å²) in [4.78, 5) is 32.4. The number of carbonyl (C=O) groups is 1. The van der Waals surface area contributed by atoms with Gasteiger partial charge in [-0.25, -0.2) is 9.97 Å². The van der Waals surface area contributed by atoms with Crippen molar-refractivity contribution in [3.8, 4) is 0 Å². The number of carbonyl (C=O) groups excluding carboxylic acids is 1. The van der Waals surface area contributed by atoms with E-state index in [1.165, 1.54) is 23.9 Å². The zero-order valence-electron chi connectivity index (χ0n) is 16.0. The number of amides is 1. The van der Waals surface area contributed by atoms with Crippen LogP contribution in [0.2, 0.25) is 0 Å². The summed E-state index contributed by atoms with van der Waals surface area (Å²) in [5.74, 6) is -0.180. The van der Waals surface area contributed by atoms with E-state index in [9.17, 15) is 14.9 Å². The molecule has 0 atom stereocenters. The first-order chi connectivity index (χ1) is 14.5. The third-order valence-corrected chi connectivity index (χ3v) is 5.39. The fourth-order valence-corrected chi connectivity index (χ4v) is 3.88. The van der Waals surface area contributed by atoms with Gasteiger partial charge in [0.15, 0.2) is 5.16 Å². The zero-order chi connectivity index (χ0) is 21.1. The standard InChI is InChI=1S/C21H17N5O3S/c1-14-11-17(30-21-22-8-2-9-23-21)4-5-18(14)24-20(27)13-25-10-7-15-12-16(26(28)29)3-6-19(15)25/h2-12H,13H2,1H3,(H,24,27). The lowest BCUT2D eigenvalue weighted by Crippen LogP contribution is -2.18. The lowest BCUT2D eigenvalue weighted by molar-refractivity contribution is -0.384. The lowest BCUT2D eigenvalue weighted by atomic mass is 10.2. The van der Waals surface area contributed by atoms with Gasteiger partial charge in [0.25, 0.3) is 5.69 Å². The molecule has 8 nitrogen and oxygen atoms in total. The highest BCUT2D eigenvalue weighted by molar-refractivity contribution is 7.99. The number of fused-ring (bicyclic) bond motifs is 1. The van der Waals surface area contributed by atoms with Gasteiger partial charge in [-0.2, -0.15) is 0 Å². The molecule has 1 N–H and O–H groups in total. The number of anilines is 1. The number of aromatic nitrogens is 3. The molecule has 9 heteroatoms. The summed E-state index contributed by atoms with van der Waals surface area (Å²) in [6.07, 6.45) is 5.14. The maximum absolute atomic E-state index is 12.6. The molecule has 1 amide bonds. The molecule has 0 radical (unpaired) electrons. The molecule has 0 bridgehead atoms. The van der Waals surface area contributed by atoms with Gasteiger partial charge in [0.05, 0.1) is 4.92 Å². The van der Waals surface area contributed by atoms with Crippen LogP contribution in [0, 0.1) is 17.0 Å². The molecule has 2 aromatic heterocycles. The maximum atomic E-state index is 12.6. The fraction of sp³-hybridized carbons (Fsp3) is 0.0952. The number of nitro benzene ring substituents is 1. The molecule has 30 heavy (non-hydrogen) atoms. The SMILES string of the molecule is Cc1cc(Sc2ncccn2)ccc1NC(=O)Cn1ccc2cc([N+](=O)[O-])ccc21. The van der Waals surface area contributed by atoms with Crippen molar-refractivity contribution in [3.63, 3.8) is 0 Å². The number of non-ortho nitro benzene ring substituents is 1. The van der Waals surface area contributed by atoms with E-state index in [0.29, 0.717) is 5.16 Å². The number of aryl methyl sites for hydroxylation is 1. The Labute approximate surface area is 176 Å². The number of hydrogen-bond acceptors (Lipinski definition) is 6. The van der Waals surface area contributed by atoms with Gasteiger partial charge in [-0.1, -0.05) is 0 Å². The van der Waals surface area contributed by atoms with Crippen molar-refractivity contribution < 1.29 is 9.72 Å². The van der Waals surface area contributed by atoms with Crippen LogP contribution in [0.4, 0.5) is 11.4 Å². The van der Waals surface area contributed by atoms with Gasteiger partial charge >= 0.3 is 0 Å². The van der Waals surface area contributed by atoms with Gasteiger partial charge in [-0.05, 0) is 60.6 Å². The van der Waals surface area contributed by atoms with Crippen LogP contribution in [0.25, 0.3) is 10.9 Å². The van der Waals surface area contributed by atoms with E-state index in [2.05, 4.69) is 15.3 Å². The van der Waals surface area contributed by atoms with E-state index in [-0.39, 0.29) is 18.1 Å². The van der Waals surface area contributed by atoms with Crippen molar-refractivity contribution in [1.82, 2.24) is 14.5 Å². The summed E-state index contributed by atoms with van der Waals surface area (Å²) in [5.41, 5.74) is 2.45. The molecule has 2 aromatic carbocycles. The minimum Gasteiger partial charge on any atom is -0.338 e. The molecule has 0 unspecified atom stereocenters. The molecule has 0 aliphatic rings. The normalized spacial score (nSPS) is 10.8. The lowest BCUT2D eigenvalue weighted by Gasteiger charge is -2.11. The zero-order valence-corrected chi connectivity index (χ0v) is 16.8. The second kappa shape index (κ2) is 8.34. The highest BCUT2D eigenvalue weighted by Crippen LogP contribution is 2.28. The summed E-state index contributed by atoms with van der Waals surface area (Å²) in [6.45, 7) is 2.03. The van der Waals surface area contributed by atoms with Crippen LogP contribution in [-0.4, -0.2) is 25.4 Å². The molecular formula is C21H17N5O3S. The first-order valence-electron chi connectivity index (χ1n) is 9.08. The Morgan fingerprint density at radius 1 is 1.17 bits per heavy atom. The smallest absolute Gasteiger partial charge is 0.270 e. The topological polar surface area (TPSA) is 103 Å². The molecule has 2 heterocycles. The van der Waals surface area contributed by atoms with Crippen molar-refractivity contribution in [2.75, 3.05) is 5.32 Å². The van der Waals surface area contributed by atoms with Crippen LogP contribution < -0.4 is 5.32 Å². The maximum Gasteiger partial charge on any atom is 0.270 e. The quantitative estimate of drug-likeness (QED) is 0.282. The van der Waals surface area contributed by atoms with E-state index in [4.69, 9.17) is 0 Å². The summed E-state index contributed by atoms with van der Waals surface area (Å²) in [7, 11) is 0. The minimum absolute atomic E-state index is 0.0270. The number of benzene rings is 2. The fourth-order valence-electron chi connectivity index (χ4n) is 3.07. The van der Waals surface area contributed by atoms with Crippen LogP contribution >= 0.6 is 11.8 Å². The van der Waals surface area contributed by atoms with E-state index < -0.39 is 4.92 Å². The molecule has 0 fully saturated rings. The molecule has 0 saturated carbocycles. The van der Waals surface area contributed by atoms with E-state index in [0.717, 1.165) is 27.0 Å². The van der Waals surface area contributed by atoms with Crippen molar-refractivity contribution in [2.24, 2.45) is 0 Å². The summed E-state index contributed by atoms with van der Waals surface area (Å²) in [6, 6.07) is 13.9. The Balaban J connectivity index is 1.45. The van der Waals surface area contributed by atoms with Crippen LogP contribution in [0.3, 0.4) is 0 Å². The monoisotopic (exact) mass is 419 g/mol. The predicted octanol–water partition coefficient (Wildman–Crippen LogP) is 4.44. The third kappa shape index (κ3) is 4.31. The van der Waals surface area contributed by atoms with Gasteiger partial charge in [0, 0.05) is 52.2 Å². The first-order valence-corrected chi connectivity index (χ1v) is 9.90. The average Bonchev–Trinajstić information content (AvgIpc) is 3.13. The summed E-state index contributed by atoms with van der Waals surface area (Å²) < 4.78 is 1.76. The van der Waals surface area contributed by atoms with Crippen molar-refractivity contribution in [2.45, 2.75) is 23.5 Å². The average molecular weight is 419 g/mol. The van der Waals surface area contributed by atoms with E-state index in [1.54, 1.807) is 41.4 Å². The van der Waals surface area contributed by atoms with Crippen molar-refractivity contribution in [3.05, 3.63) is 82.8 Å². The van der Waals surface area contributed by atoms with Crippen LogP contribution in [0.5, 0.6) is 0 Å². The van der Waals surface area contributed by atoms with Crippen molar-refractivity contribution in [1.29, 1.82) is 0 Å². The minimum atomic E-state index is -0.432. The number of hydrogen-bond donors (Lipinski definition) is 1. The van der Waals surface area contributed by atoms with Gasteiger partial charge in [-0.3, -0.25) is 14.9 Å². The van der Waals surface area contributed by atoms with Crippen LogP contribution in [0.15, 0.2) is 77.2 Å². The molecule has 0 spiro atoms. The first kappa shape index (κ1) is 19.6. The Morgan fingerprint density at radius 2 is 1.97 bits per heavy atom. The van der Waals surface area contributed by atoms with Crippen molar-refractivity contribution >= 4 is 39.9 Å². The van der Waals surface area contributed by atoms with E-state index in [1.807, 2.05) is 25.1 Å². The summed E-state index contributed by atoms with van der Waals surface area (Å²) >= 11 is 1.45. The van der Waals surface area contributed by atoms with Gasteiger partial charge in [-0.15, -0.1) is 0 Å². The highest BCUT2D eigenvalue weighted by atomic mass is 32.2. The largest absolute Gasteiger partial charge is 0.338 e. The molecular weight excluding hydrogens is 402 g/mol. The van der Waals surface area contributed by atoms with Gasteiger partial charge in [0.2, 0.25) is 5.91 Å². The number of nitrogens with zero attached hydrogens (tertiary/aromatic N) is 4. The predicted molar refractivity (Wildman–Crippen MR) is 115 cm³/mol. The molecule has 0 saturated heterocycles. The van der Waals surface area contributed by atoms with Gasteiger partial charge < -0.3 is 9.88 Å². The summed E-state index contributed by atoms with van der Waals surface area (Å²) in [5, 5.41) is 15.2. The third-order valence-electron chi connectivity index (χ3n) is 4.50. The number of nitrogens with one attached hydrogen (secondary N) is 1. The Kier molecular flexibility index (Phi) is 5.44. The number of nitro groups is 1. The molecule has 0 aliphatic carbocycles. The Hall–Kier alpha value is -3.72. The van der Waals surface area contributed by atoms with Gasteiger partial charge in [0.1, 0.15) is 6.54 Å². The Morgan fingerprint density at radius 3 is 2.70 bits per heavy atom. The second-order valence-electron chi connectivity index (χ2n) is 6.60. The highest BCUT2D eigenvalue weighted by Gasteiger charge is 2.12. The number of rotatable bonds is 6. The molecule has 4 rings (SSSR count).